The summed E-state index contributed by atoms with van der Waals surface area (Å²) in [5, 5.41) is 0. The first kappa shape index (κ1) is 15.3. The third-order valence-corrected chi connectivity index (χ3v) is 5.14. The molecule has 0 saturated carbocycles. The van der Waals surface area contributed by atoms with Crippen molar-refractivity contribution in [2.24, 2.45) is 0 Å². The van der Waals surface area contributed by atoms with Crippen molar-refractivity contribution in [3.05, 3.63) is 24.3 Å². The van der Waals surface area contributed by atoms with Crippen LogP contribution >= 0.6 is 0 Å². The number of sulfonamides is 1. The van der Waals surface area contributed by atoms with Crippen molar-refractivity contribution in [2.75, 3.05) is 19.8 Å². The van der Waals surface area contributed by atoms with Crippen LogP contribution in [-0.4, -0.2) is 44.6 Å². The molecule has 0 radical (unpaired) electrons. The Hall–Kier alpha value is -1.11. The molecule has 5 nitrogen and oxygen atoms in total. The SMILES string of the molecule is CC(C)Oc1ccc(S(=O)(=O)N2CCOCC2C)cc1. The van der Waals surface area contributed by atoms with Crippen molar-refractivity contribution < 1.29 is 17.9 Å². The molecule has 0 aliphatic carbocycles. The zero-order valence-corrected chi connectivity index (χ0v) is 12.9. The fourth-order valence-corrected chi connectivity index (χ4v) is 3.77. The van der Waals surface area contributed by atoms with Gasteiger partial charge in [0, 0.05) is 12.6 Å². The van der Waals surface area contributed by atoms with Crippen LogP contribution in [-0.2, 0) is 14.8 Å². The predicted molar refractivity (Wildman–Crippen MR) is 76.4 cm³/mol. The Morgan fingerprint density at radius 1 is 1.30 bits per heavy atom. The van der Waals surface area contributed by atoms with Gasteiger partial charge >= 0.3 is 0 Å². The van der Waals surface area contributed by atoms with E-state index in [1.807, 2.05) is 20.8 Å². The average molecular weight is 299 g/mol. The van der Waals surface area contributed by atoms with Crippen LogP contribution in [0.4, 0.5) is 0 Å². The van der Waals surface area contributed by atoms with E-state index in [0.717, 1.165) is 0 Å². The van der Waals surface area contributed by atoms with Crippen molar-refractivity contribution in [3.63, 3.8) is 0 Å². The third-order valence-electron chi connectivity index (χ3n) is 3.11. The van der Waals surface area contributed by atoms with Gasteiger partial charge in [-0.25, -0.2) is 8.42 Å². The lowest BCUT2D eigenvalue weighted by atomic mass is 10.3. The van der Waals surface area contributed by atoms with E-state index in [0.29, 0.717) is 30.4 Å². The normalized spacial score (nSPS) is 21.1. The Morgan fingerprint density at radius 2 is 1.95 bits per heavy atom. The minimum atomic E-state index is -3.46. The Morgan fingerprint density at radius 3 is 2.50 bits per heavy atom. The smallest absolute Gasteiger partial charge is 0.243 e. The quantitative estimate of drug-likeness (QED) is 0.852. The highest BCUT2D eigenvalue weighted by Gasteiger charge is 2.31. The minimum Gasteiger partial charge on any atom is -0.491 e. The molecular formula is C14H21NO4S. The van der Waals surface area contributed by atoms with Gasteiger partial charge < -0.3 is 9.47 Å². The Bertz CT molecular complexity index is 539. The van der Waals surface area contributed by atoms with Crippen LogP contribution in [0.1, 0.15) is 20.8 Å². The summed E-state index contributed by atoms with van der Waals surface area (Å²) in [6.45, 7) is 6.99. The molecule has 0 amide bonds. The van der Waals surface area contributed by atoms with Crippen LogP contribution < -0.4 is 4.74 Å². The van der Waals surface area contributed by atoms with E-state index in [1.165, 1.54) is 4.31 Å². The van der Waals surface area contributed by atoms with Crippen molar-refractivity contribution in [1.29, 1.82) is 0 Å². The van der Waals surface area contributed by atoms with Crippen LogP contribution in [0.3, 0.4) is 0 Å². The molecule has 20 heavy (non-hydrogen) atoms. The lowest BCUT2D eigenvalue weighted by Gasteiger charge is -2.32. The lowest BCUT2D eigenvalue weighted by molar-refractivity contribution is 0.0393. The van der Waals surface area contributed by atoms with Crippen molar-refractivity contribution in [2.45, 2.75) is 37.8 Å². The van der Waals surface area contributed by atoms with Gasteiger partial charge in [-0.15, -0.1) is 0 Å². The van der Waals surface area contributed by atoms with E-state index < -0.39 is 10.0 Å². The fraction of sp³-hybridized carbons (Fsp3) is 0.571. The molecule has 112 valence electrons. The first-order valence-electron chi connectivity index (χ1n) is 6.77. The summed E-state index contributed by atoms with van der Waals surface area (Å²) in [7, 11) is -3.46. The van der Waals surface area contributed by atoms with E-state index in [4.69, 9.17) is 9.47 Å². The van der Waals surface area contributed by atoms with E-state index in [2.05, 4.69) is 0 Å². The number of hydrogen-bond donors (Lipinski definition) is 0. The molecule has 1 aliphatic heterocycles. The van der Waals surface area contributed by atoms with Crippen LogP contribution in [0.25, 0.3) is 0 Å². The molecule has 1 heterocycles. The lowest BCUT2D eigenvalue weighted by Crippen LogP contribution is -2.46. The third kappa shape index (κ3) is 3.31. The minimum absolute atomic E-state index is 0.0664. The first-order chi connectivity index (χ1) is 9.41. The molecule has 1 atom stereocenters. The number of morpholine rings is 1. The average Bonchev–Trinajstić information content (AvgIpc) is 2.39. The Labute approximate surface area is 120 Å². The van der Waals surface area contributed by atoms with Crippen LogP contribution in [0.5, 0.6) is 5.75 Å². The highest BCUT2D eigenvalue weighted by molar-refractivity contribution is 7.89. The van der Waals surface area contributed by atoms with E-state index in [1.54, 1.807) is 24.3 Å². The zero-order valence-electron chi connectivity index (χ0n) is 12.1. The highest BCUT2D eigenvalue weighted by Crippen LogP contribution is 2.23. The maximum atomic E-state index is 12.6. The van der Waals surface area contributed by atoms with Gasteiger partial charge in [0.15, 0.2) is 0 Å². The maximum absolute atomic E-state index is 12.6. The van der Waals surface area contributed by atoms with Crippen LogP contribution in [0.15, 0.2) is 29.2 Å². The summed E-state index contributed by atoms with van der Waals surface area (Å²) in [5.74, 6) is 0.675. The van der Waals surface area contributed by atoms with Gasteiger partial charge in [0.05, 0.1) is 24.2 Å². The van der Waals surface area contributed by atoms with Gasteiger partial charge in [-0.1, -0.05) is 0 Å². The molecule has 1 aliphatic rings. The van der Waals surface area contributed by atoms with Gasteiger partial charge in [0.2, 0.25) is 10.0 Å². The summed E-state index contributed by atoms with van der Waals surface area (Å²) < 4.78 is 37.4. The highest BCUT2D eigenvalue weighted by atomic mass is 32.2. The molecule has 0 aromatic heterocycles. The predicted octanol–water partition coefficient (Wildman–Crippen LogP) is 1.88. The van der Waals surface area contributed by atoms with Crippen molar-refractivity contribution in [3.8, 4) is 5.75 Å². The summed E-state index contributed by atoms with van der Waals surface area (Å²) >= 11 is 0. The van der Waals surface area contributed by atoms with Crippen molar-refractivity contribution in [1.82, 2.24) is 4.31 Å². The summed E-state index contributed by atoms with van der Waals surface area (Å²) in [5.41, 5.74) is 0. The van der Waals surface area contributed by atoms with Crippen molar-refractivity contribution >= 4 is 10.0 Å². The molecule has 1 unspecified atom stereocenters. The fourth-order valence-electron chi connectivity index (χ4n) is 2.17. The molecule has 1 aromatic carbocycles. The molecular weight excluding hydrogens is 278 g/mol. The Balaban J connectivity index is 2.21. The molecule has 1 fully saturated rings. The zero-order chi connectivity index (χ0) is 14.8. The molecule has 1 saturated heterocycles. The number of ether oxygens (including phenoxy) is 2. The summed E-state index contributed by atoms with van der Waals surface area (Å²) in [6.07, 6.45) is 0.0664. The second-order valence-corrected chi connectivity index (χ2v) is 7.07. The van der Waals surface area contributed by atoms with Gasteiger partial charge in [-0.2, -0.15) is 4.31 Å². The largest absolute Gasteiger partial charge is 0.491 e. The number of rotatable bonds is 4. The molecule has 0 bridgehead atoms. The number of nitrogens with zero attached hydrogens (tertiary/aromatic N) is 1. The van der Waals surface area contributed by atoms with Crippen LogP contribution in [0, 0.1) is 0 Å². The molecule has 0 N–H and O–H groups in total. The number of benzene rings is 1. The molecule has 1 aromatic rings. The van der Waals surface area contributed by atoms with Crippen LogP contribution in [0.2, 0.25) is 0 Å². The molecule has 6 heteroatoms. The van der Waals surface area contributed by atoms with Gasteiger partial charge in [0.25, 0.3) is 0 Å². The summed E-state index contributed by atoms with van der Waals surface area (Å²) in [4.78, 5) is 0.294. The van der Waals surface area contributed by atoms with E-state index >= 15 is 0 Å². The van der Waals surface area contributed by atoms with Gasteiger partial charge in [-0.05, 0) is 45.0 Å². The standard InChI is InChI=1S/C14H21NO4S/c1-11(2)19-13-4-6-14(7-5-13)20(16,17)15-8-9-18-10-12(15)3/h4-7,11-12H,8-10H2,1-3H3. The first-order valence-corrected chi connectivity index (χ1v) is 8.21. The Kier molecular flexibility index (Phi) is 4.67. The molecule has 0 spiro atoms. The topological polar surface area (TPSA) is 55.8 Å². The molecule has 2 rings (SSSR count). The maximum Gasteiger partial charge on any atom is 0.243 e. The van der Waals surface area contributed by atoms with Gasteiger partial charge in [-0.3, -0.25) is 0 Å². The van der Waals surface area contributed by atoms with E-state index in [9.17, 15) is 8.42 Å². The monoisotopic (exact) mass is 299 g/mol. The second kappa shape index (κ2) is 6.11. The second-order valence-electron chi connectivity index (χ2n) is 5.18. The number of hydrogen-bond acceptors (Lipinski definition) is 4. The summed E-state index contributed by atoms with van der Waals surface area (Å²) in [6, 6.07) is 6.43. The van der Waals surface area contributed by atoms with E-state index in [-0.39, 0.29) is 12.1 Å². The van der Waals surface area contributed by atoms with Gasteiger partial charge in [0.1, 0.15) is 5.75 Å².